The molecule has 1 aromatic carbocycles. The largest absolute Gasteiger partial charge is 0.397 e. The fourth-order valence-corrected chi connectivity index (χ4v) is 1.76. The normalized spacial score (nSPS) is 11.4. The van der Waals surface area contributed by atoms with Gasteiger partial charge in [-0.2, -0.15) is 0 Å². The molecular weight excluding hydrogens is 240 g/mol. The highest BCUT2D eigenvalue weighted by atomic mass is 35.5. The van der Waals surface area contributed by atoms with Crippen LogP contribution in [0.25, 0.3) is 0 Å². The van der Waals surface area contributed by atoms with E-state index in [-0.39, 0.29) is 18.1 Å². The van der Waals surface area contributed by atoms with Gasteiger partial charge in [-0.05, 0) is 26.0 Å². The molecule has 94 valence electrons. The number of anilines is 1. The highest BCUT2D eigenvalue weighted by Crippen LogP contribution is 2.23. The van der Waals surface area contributed by atoms with Crippen LogP contribution in [0, 0.1) is 0 Å². The monoisotopic (exact) mass is 256 g/mol. The molecule has 0 atom stereocenters. The van der Waals surface area contributed by atoms with Crippen molar-refractivity contribution in [1.82, 2.24) is 4.90 Å². The Morgan fingerprint density at radius 3 is 2.65 bits per heavy atom. The predicted octanol–water partition coefficient (Wildman–Crippen LogP) is 1.77. The molecule has 0 saturated heterocycles. The highest BCUT2D eigenvalue weighted by Gasteiger charge is 2.22. The van der Waals surface area contributed by atoms with Crippen LogP contribution in [0.4, 0.5) is 5.69 Å². The summed E-state index contributed by atoms with van der Waals surface area (Å²) in [6, 6.07) is 4.91. The van der Waals surface area contributed by atoms with E-state index in [1.165, 1.54) is 4.90 Å². The van der Waals surface area contributed by atoms with Gasteiger partial charge in [0.25, 0.3) is 5.91 Å². The maximum atomic E-state index is 12.1. The third-order valence-electron chi connectivity index (χ3n) is 2.25. The van der Waals surface area contributed by atoms with Crippen LogP contribution in [0.5, 0.6) is 0 Å². The van der Waals surface area contributed by atoms with Crippen molar-refractivity contribution in [1.29, 1.82) is 0 Å². The predicted molar refractivity (Wildman–Crippen MR) is 69.1 cm³/mol. The molecule has 0 unspecified atom stereocenters. The van der Waals surface area contributed by atoms with Gasteiger partial charge in [0.05, 0.1) is 21.9 Å². The van der Waals surface area contributed by atoms with E-state index in [0.29, 0.717) is 10.6 Å². The van der Waals surface area contributed by atoms with Crippen LogP contribution in [0.3, 0.4) is 0 Å². The van der Waals surface area contributed by atoms with Crippen molar-refractivity contribution in [2.45, 2.75) is 19.4 Å². The van der Waals surface area contributed by atoms with Crippen molar-refractivity contribution in [3.63, 3.8) is 0 Å². The summed E-state index contributed by atoms with van der Waals surface area (Å²) < 4.78 is 0. The second kappa shape index (κ2) is 4.94. The summed E-state index contributed by atoms with van der Waals surface area (Å²) in [5, 5.41) is 10.0. The van der Waals surface area contributed by atoms with E-state index in [1.54, 1.807) is 39.1 Å². The molecule has 1 aromatic rings. The Kier molecular flexibility index (Phi) is 4.01. The number of benzene rings is 1. The summed E-state index contributed by atoms with van der Waals surface area (Å²) in [5.41, 5.74) is 5.41. The summed E-state index contributed by atoms with van der Waals surface area (Å²) in [4.78, 5) is 13.5. The molecule has 0 aliphatic heterocycles. The van der Waals surface area contributed by atoms with Gasteiger partial charge in [0.1, 0.15) is 0 Å². The zero-order valence-electron chi connectivity index (χ0n) is 10.2. The van der Waals surface area contributed by atoms with Crippen molar-refractivity contribution in [2.75, 3.05) is 19.3 Å². The number of para-hydroxylation sites is 1. The molecular formula is C12H17ClN2O2. The second-order valence-electron chi connectivity index (χ2n) is 4.67. The molecule has 1 rings (SSSR count). The van der Waals surface area contributed by atoms with Gasteiger partial charge in [0, 0.05) is 13.6 Å². The van der Waals surface area contributed by atoms with Crippen LogP contribution in [0.15, 0.2) is 18.2 Å². The maximum Gasteiger partial charge on any atom is 0.255 e. The Labute approximate surface area is 106 Å². The number of hydrogen-bond donors (Lipinski definition) is 2. The lowest BCUT2D eigenvalue weighted by Gasteiger charge is -2.26. The minimum Gasteiger partial charge on any atom is -0.397 e. The number of aliphatic hydroxyl groups is 1. The molecule has 0 aromatic heterocycles. The van der Waals surface area contributed by atoms with E-state index in [1.807, 2.05) is 0 Å². The van der Waals surface area contributed by atoms with Crippen molar-refractivity contribution in [3.05, 3.63) is 28.8 Å². The van der Waals surface area contributed by atoms with Gasteiger partial charge in [0.15, 0.2) is 0 Å². The number of carbonyl (C=O) groups excluding carboxylic acids is 1. The van der Waals surface area contributed by atoms with E-state index in [0.717, 1.165) is 0 Å². The quantitative estimate of drug-likeness (QED) is 0.810. The van der Waals surface area contributed by atoms with Crippen molar-refractivity contribution in [3.8, 4) is 0 Å². The molecule has 0 fully saturated rings. The zero-order chi connectivity index (χ0) is 13.2. The first-order valence-corrected chi connectivity index (χ1v) is 5.62. The Hall–Kier alpha value is -1.26. The topological polar surface area (TPSA) is 66.6 Å². The number of rotatable bonds is 3. The highest BCUT2D eigenvalue weighted by molar-refractivity contribution is 6.33. The fraction of sp³-hybridized carbons (Fsp3) is 0.417. The SMILES string of the molecule is CN(CC(C)(C)O)C(=O)c1cccc(Cl)c1N. The number of amides is 1. The molecule has 0 heterocycles. The minimum absolute atomic E-state index is 0.220. The molecule has 4 nitrogen and oxygen atoms in total. The summed E-state index contributed by atoms with van der Waals surface area (Å²) in [6.45, 7) is 3.49. The average Bonchev–Trinajstić information content (AvgIpc) is 2.18. The molecule has 0 saturated carbocycles. The van der Waals surface area contributed by atoms with Gasteiger partial charge >= 0.3 is 0 Å². The summed E-state index contributed by atoms with van der Waals surface area (Å²) in [5.74, 6) is -0.257. The van der Waals surface area contributed by atoms with Gasteiger partial charge in [0.2, 0.25) is 0 Å². The molecule has 17 heavy (non-hydrogen) atoms. The number of likely N-dealkylation sites (N-methyl/N-ethyl adjacent to an activating group) is 1. The van der Waals surface area contributed by atoms with Crippen LogP contribution in [-0.4, -0.2) is 35.1 Å². The van der Waals surface area contributed by atoms with Crippen LogP contribution < -0.4 is 5.73 Å². The molecule has 0 bridgehead atoms. The Morgan fingerprint density at radius 2 is 2.12 bits per heavy atom. The van der Waals surface area contributed by atoms with E-state index in [4.69, 9.17) is 17.3 Å². The van der Waals surface area contributed by atoms with Crippen LogP contribution in [-0.2, 0) is 0 Å². The summed E-state index contributed by atoms with van der Waals surface area (Å²) >= 11 is 5.85. The first kappa shape index (κ1) is 13.8. The molecule has 1 amide bonds. The third kappa shape index (κ3) is 3.61. The zero-order valence-corrected chi connectivity index (χ0v) is 11.0. The van der Waals surface area contributed by atoms with E-state index < -0.39 is 5.60 Å². The van der Waals surface area contributed by atoms with Crippen molar-refractivity contribution in [2.24, 2.45) is 0 Å². The smallest absolute Gasteiger partial charge is 0.255 e. The van der Waals surface area contributed by atoms with E-state index in [9.17, 15) is 9.90 Å². The van der Waals surface area contributed by atoms with Gasteiger partial charge in [-0.3, -0.25) is 4.79 Å². The Bertz CT molecular complexity index is 427. The fourth-order valence-electron chi connectivity index (χ4n) is 1.58. The average molecular weight is 257 g/mol. The number of hydrogen-bond acceptors (Lipinski definition) is 3. The number of nitrogen functional groups attached to an aromatic ring is 1. The molecule has 3 N–H and O–H groups in total. The number of carbonyl (C=O) groups is 1. The minimum atomic E-state index is -0.947. The maximum absolute atomic E-state index is 12.1. The van der Waals surface area contributed by atoms with Crippen LogP contribution >= 0.6 is 11.6 Å². The summed E-state index contributed by atoms with van der Waals surface area (Å²) in [7, 11) is 1.61. The molecule has 0 spiro atoms. The standard InChI is InChI=1S/C12H17ClN2O2/c1-12(2,17)7-15(3)11(16)8-5-4-6-9(13)10(8)14/h4-6,17H,7,14H2,1-3H3. The lowest BCUT2D eigenvalue weighted by molar-refractivity contribution is 0.0368. The summed E-state index contributed by atoms with van der Waals surface area (Å²) in [6.07, 6.45) is 0. The third-order valence-corrected chi connectivity index (χ3v) is 2.58. The van der Waals surface area contributed by atoms with Crippen LogP contribution in [0.1, 0.15) is 24.2 Å². The van der Waals surface area contributed by atoms with E-state index in [2.05, 4.69) is 0 Å². The molecule has 5 heteroatoms. The van der Waals surface area contributed by atoms with E-state index >= 15 is 0 Å². The van der Waals surface area contributed by atoms with Gasteiger partial charge < -0.3 is 15.7 Å². The Morgan fingerprint density at radius 1 is 1.53 bits per heavy atom. The molecule has 0 radical (unpaired) electrons. The molecule has 0 aliphatic rings. The van der Waals surface area contributed by atoms with Crippen molar-refractivity contribution < 1.29 is 9.90 Å². The molecule has 0 aliphatic carbocycles. The lowest BCUT2D eigenvalue weighted by Crippen LogP contribution is -2.39. The second-order valence-corrected chi connectivity index (χ2v) is 5.08. The van der Waals surface area contributed by atoms with Crippen LogP contribution in [0.2, 0.25) is 5.02 Å². The van der Waals surface area contributed by atoms with Gasteiger partial charge in [-0.15, -0.1) is 0 Å². The Balaban J connectivity index is 2.93. The number of nitrogens with zero attached hydrogens (tertiary/aromatic N) is 1. The number of halogens is 1. The lowest BCUT2D eigenvalue weighted by atomic mass is 10.1. The number of nitrogens with two attached hydrogens (primary N) is 1. The van der Waals surface area contributed by atoms with Crippen molar-refractivity contribution >= 4 is 23.2 Å². The first-order valence-electron chi connectivity index (χ1n) is 5.24. The van der Waals surface area contributed by atoms with Gasteiger partial charge in [-0.1, -0.05) is 17.7 Å². The first-order chi connectivity index (χ1) is 7.72. The van der Waals surface area contributed by atoms with Gasteiger partial charge in [-0.25, -0.2) is 0 Å².